The SMILES string of the molecule is CN(C)CCCN1C(=O)C(=O)/C(=C(/O)c2ccc(OCc3ccccc3)cc2)[C@H]1c1cccnc1. The first-order chi connectivity index (χ1) is 17.0. The number of ether oxygens (including phenoxy) is 1. The number of aromatic nitrogens is 1. The summed E-state index contributed by atoms with van der Waals surface area (Å²) >= 11 is 0. The summed E-state index contributed by atoms with van der Waals surface area (Å²) in [6.45, 7) is 1.59. The summed E-state index contributed by atoms with van der Waals surface area (Å²) in [6.07, 6.45) is 3.96. The zero-order chi connectivity index (χ0) is 24.8. The molecular weight excluding hydrogens is 442 g/mol. The number of pyridine rings is 1. The van der Waals surface area contributed by atoms with Crippen molar-refractivity contribution < 1.29 is 19.4 Å². The average Bonchev–Trinajstić information content (AvgIpc) is 3.13. The Labute approximate surface area is 205 Å². The van der Waals surface area contributed by atoms with Gasteiger partial charge in [-0.15, -0.1) is 0 Å². The Kier molecular flexibility index (Phi) is 7.57. The van der Waals surface area contributed by atoms with Crippen molar-refractivity contribution in [3.8, 4) is 5.75 Å². The molecule has 0 radical (unpaired) electrons. The van der Waals surface area contributed by atoms with E-state index in [1.807, 2.05) is 55.4 Å². The van der Waals surface area contributed by atoms with Gasteiger partial charge in [0.15, 0.2) is 0 Å². The molecule has 4 rings (SSSR count). The Morgan fingerprint density at radius 3 is 2.43 bits per heavy atom. The van der Waals surface area contributed by atoms with Crippen molar-refractivity contribution in [1.29, 1.82) is 0 Å². The van der Waals surface area contributed by atoms with Gasteiger partial charge in [-0.25, -0.2) is 0 Å². The minimum atomic E-state index is -0.695. The molecule has 2 aromatic carbocycles. The number of aliphatic hydroxyl groups excluding tert-OH is 1. The van der Waals surface area contributed by atoms with Crippen LogP contribution < -0.4 is 4.74 Å². The molecule has 1 amide bonds. The molecular formula is C28H29N3O4. The number of hydrogen-bond donors (Lipinski definition) is 1. The van der Waals surface area contributed by atoms with Gasteiger partial charge in [0.05, 0.1) is 11.6 Å². The molecule has 7 nitrogen and oxygen atoms in total. The Morgan fingerprint density at radius 1 is 1.03 bits per heavy atom. The quantitative estimate of drug-likeness (QED) is 0.288. The fourth-order valence-corrected chi connectivity index (χ4v) is 4.16. The van der Waals surface area contributed by atoms with Gasteiger partial charge in [-0.2, -0.15) is 0 Å². The van der Waals surface area contributed by atoms with Gasteiger partial charge in [0.1, 0.15) is 18.1 Å². The number of aliphatic hydroxyl groups is 1. The van der Waals surface area contributed by atoms with Crippen molar-refractivity contribution in [2.24, 2.45) is 0 Å². The van der Waals surface area contributed by atoms with E-state index in [1.165, 1.54) is 4.90 Å². The van der Waals surface area contributed by atoms with Crippen molar-refractivity contribution in [2.75, 3.05) is 27.2 Å². The van der Waals surface area contributed by atoms with Gasteiger partial charge in [0.2, 0.25) is 0 Å². The molecule has 1 fully saturated rings. The molecule has 35 heavy (non-hydrogen) atoms. The predicted molar refractivity (Wildman–Crippen MR) is 134 cm³/mol. The molecule has 180 valence electrons. The lowest BCUT2D eigenvalue weighted by Gasteiger charge is -2.25. The number of nitrogens with zero attached hydrogens (tertiary/aromatic N) is 3. The zero-order valence-electron chi connectivity index (χ0n) is 19.9. The van der Waals surface area contributed by atoms with Crippen LogP contribution >= 0.6 is 0 Å². The number of likely N-dealkylation sites (tertiary alicyclic amines) is 1. The van der Waals surface area contributed by atoms with E-state index in [0.29, 0.717) is 36.4 Å². The number of benzene rings is 2. The number of hydrogen-bond acceptors (Lipinski definition) is 6. The Morgan fingerprint density at radius 2 is 1.77 bits per heavy atom. The van der Waals surface area contributed by atoms with E-state index in [2.05, 4.69) is 4.98 Å². The summed E-state index contributed by atoms with van der Waals surface area (Å²) in [7, 11) is 3.92. The van der Waals surface area contributed by atoms with E-state index in [4.69, 9.17) is 4.74 Å². The third-order valence-corrected chi connectivity index (χ3v) is 5.92. The summed E-state index contributed by atoms with van der Waals surface area (Å²) in [4.78, 5) is 33.8. The van der Waals surface area contributed by atoms with Crippen LogP contribution in [0.5, 0.6) is 5.75 Å². The van der Waals surface area contributed by atoms with Crippen LogP contribution in [0.2, 0.25) is 0 Å². The summed E-state index contributed by atoms with van der Waals surface area (Å²) in [5, 5.41) is 11.2. The van der Waals surface area contributed by atoms with Crippen molar-refractivity contribution in [1.82, 2.24) is 14.8 Å². The molecule has 1 aromatic heterocycles. The van der Waals surface area contributed by atoms with E-state index in [9.17, 15) is 14.7 Å². The molecule has 0 bridgehead atoms. The fourth-order valence-electron chi connectivity index (χ4n) is 4.16. The van der Waals surface area contributed by atoms with E-state index < -0.39 is 17.7 Å². The number of carbonyl (C=O) groups excluding carboxylic acids is 2. The Hall–Kier alpha value is -3.97. The highest BCUT2D eigenvalue weighted by molar-refractivity contribution is 6.46. The molecule has 0 aliphatic carbocycles. The van der Waals surface area contributed by atoms with Crippen LogP contribution in [0.25, 0.3) is 5.76 Å². The second-order valence-electron chi connectivity index (χ2n) is 8.73. The monoisotopic (exact) mass is 471 g/mol. The minimum absolute atomic E-state index is 0.0748. The maximum Gasteiger partial charge on any atom is 0.295 e. The molecule has 1 aliphatic rings. The van der Waals surface area contributed by atoms with Gasteiger partial charge >= 0.3 is 0 Å². The largest absolute Gasteiger partial charge is 0.507 e. The van der Waals surface area contributed by atoms with E-state index >= 15 is 0 Å². The first kappa shape index (κ1) is 24.2. The van der Waals surface area contributed by atoms with Crippen molar-refractivity contribution in [3.63, 3.8) is 0 Å². The van der Waals surface area contributed by atoms with Gasteiger partial charge in [-0.05, 0) is 68.5 Å². The van der Waals surface area contributed by atoms with Crippen LogP contribution in [-0.2, 0) is 16.2 Å². The van der Waals surface area contributed by atoms with Crippen LogP contribution in [0.4, 0.5) is 0 Å². The Bertz CT molecular complexity index is 1190. The van der Waals surface area contributed by atoms with Crippen LogP contribution in [0.1, 0.15) is 29.2 Å². The standard InChI is InChI=1S/C28H29N3O4/c1-30(2)16-7-17-31-25(22-10-6-15-29-18-22)24(27(33)28(31)34)26(32)21-11-13-23(14-12-21)35-19-20-8-4-3-5-9-20/h3-6,8-15,18,25,32H,7,16-17,19H2,1-2H3/b26-24+/t25-/m1/s1. The summed E-state index contributed by atoms with van der Waals surface area (Å²) in [5.41, 5.74) is 2.24. The molecule has 2 heterocycles. The summed E-state index contributed by atoms with van der Waals surface area (Å²) < 4.78 is 5.82. The number of rotatable bonds is 9. The number of Topliss-reactive ketones (excluding diaryl/α,β-unsaturated/α-hetero) is 1. The lowest BCUT2D eigenvalue weighted by atomic mass is 9.96. The first-order valence-electron chi connectivity index (χ1n) is 11.6. The second-order valence-corrected chi connectivity index (χ2v) is 8.73. The van der Waals surface area contributed by atoms with E-state index in [0.717, 1.165) is 12.1 Å². The summed E-state index contributed by atoms with van der Waals surface area (Å²) in [6, 6.07) is 19.6. The molecule has 7 heteroatoms. The van der Waals surface area contributed by atoms with Crippen LogP contribution in [0.15, 0.2) is 84.7 Å². The predicted octanol–water partition coefficient (Wildman–Crippen LogP) is 4.03. The number of ketones is 1. The zero-order valence-corrected chi connectivity index (χ0v) is 19.9. The van der Waals surface area contributed by atoms with Crippen LogP contribution in [0.3, 0.4) is 0 Å². The van der Waals surface area contributed by atoms with Crippen LogP contribution in [-0.4, -0.2) is 58.8 Å². The number of amides is 1. The third-order valence-electron chi connectivity index (χ3n) is 5.92. The highest BCUT2D eigenvalue weighted by atomic mass is 16.5. The molecule has 1 saturated heterocycles. The molecule has 3 aromatic rings. The molecule has 0 saturated carbocycles. The average molecular weight is 472 g/mol. The molecule has 1 aliphatic heterocycles. The minimum Gasteiger partial charge on any atom is -0.507 e. The van der Waals surface area contributed by atoms with Gasteiger partial charge in [-0.3, -0.25) is 14.6 Å². The van der Waals surface area contributed by atoms with Crippen molar-refractivity contribution in [3.05, 3.63) is 101 Å². The Balaban J connectivity index is 1.61. The maximum atomic E-state index is 13.1. The van der Waals surface area contributed by atoms with E-state index in [-0.39, 0.29) is 11.3 Å². The molecule has 1 atom stereocenters. The molecule has 0 spiro atoms. The molecule has 0 unspecified atom stereocenters. The topological polar surface area (TPSA) is 83.0 Å². The normalized spacial score (nSPS) is 17.2. The second kappa shape index (κ2) is 11.0. The third kappa shape index (κ3) is 5.58. The lowest BCUT2D eigenvalue weighted by Crippen LogP contribution is -2.32. The smallest absolute Gasteiger partial charge is 0.295 e. The van der Waals surface area contributed by atoms with Gasteiger partial charge < -0.3 is 19.6 Å². The van der Waals surface area contributed by atoms with E-state index in [1.54, 1.807) is 42.7 Å². The summed E-state index contributed by atoms with van der Waals surface area (Å²) in [5.74, 6) is -0.868. The van der Waals surface area contributed by atoms with Gasteiger partial charge in [0, 0.05) is 24.5 Å². The highest BCUT2D eigenvalue weighted by Crippen LogP contribution is 2.39. The van der Waals surface area contributed by atoms with Crippen molar-refractivity contribution >= 4 is 17.4 Å². The lowest BCUT2D eigenvalue weighted by molar-refractivity contribution is -0.139. The number of carbonyl (C=O) groups is 2. The van der Waals surface area contributed by atoms with Crippen molar-refractivity contribution in [2.45, 2.75) is 19.1 Å². The fraction of sp³-hybridized carbons (Fsp3) is 0.250. The maximum absolute atomic E-state index is 13.1. The highest BCUT2D eigenvalue weighted by Gasteiger charge is 2.45. The first-order valence-corrected chi connectivity index (χ1v) is 11.6. The van der Waals surface area contributed by atoms with Gasteiger partial charge in [0.25, 0.3) is 11.7 Å². The van der Waals surface area contributed by atoms with Crippen LogP contribution in [0, 0.1) is 0 Å². The van der Waals surface area contributed by atoms with Gasteiger partial charge in [-0.1, -0.05) is 36.4 Å². The molecule has 1 N–H and O–H groups in total.